The molecular formula is C22H23ClN5O3+. The lowest BCUT2D eigenvalue weighted by atomic mass is 10.1. The summed E-state index contributed by atoms with van der Waals surface area (Å²) in [6.07, 6.45) is 0. The van der Waals surface area contributed by atoms with E-state index in [9.17, 15) is 9.59 Å². The highest BCUT2D eigenvalue weighted by Gasteiger charge is 2.51. The zero-order valence-corrected chi connectivity index (χ0v) is 18.3. The lowest BCUT2D eigenvalue weighted by Crippen LogP contribution is -2.61. The van der Waals surface area contributed by atoms with E-state index in [0.717, 1.165) is 21.8 Å². The van der Waals surface area contributed by atoms with Crippen LogP contribution in [-0.4, -0.2) is 65.4 Å². The number of nitrogens with zero attached hydrogens (tertiary/aromatic N) is 4. The Balaban J connectivity index is 1.66. The van der Waals surface area contributed by atoms with Gasteiger partial charge in [0.2, 0.25) is 11.9 Å². The topological polar surface area (TPSA) is 77.2 Å². The first-order valence-corrected chi connectivity index (χ1v) is 10.2. The first-order valence-electron chi connectivity index (χ1n) is 9.77. The van der Waals surface area contributed by atoms with Crippen molar-refractivity contribution in [2.75, 3.05) is 21.2 Å². The van der Waals surface area contributed by atoms with E-state index in [1.54, 1.807) is 14.2 Å². The molecule has 4 rings (SSSR count). The molecule has 2 aromatic carbocycles. The molecule has 3 amide bonds. The molecule has 2 heterocycles. The number of halogens is 1. The molecule has 1 atom stereocenters. The van der Waals surface area contributed by atoms with Gasteiger partial charge in [-0.3, -0.25) is 19.9 Å². The summed E-state index contributed by atoms with van der Waals surface area (Å²) < 4.78 is 7.08. The molecule has 8 nitrogen and oxygen atoms in total. The monoisotopic (exact) mass is 440 g/mol. The van der Waals surface area contributed by atoms with Gasteiger partial charge in [-0.05, 0) is 35.4 Å². The Morgan fingerprint density at radius 1 is 1.03 bits per heavy atom. The number of rotatable bonds is 5. The Morgan fingerprint density at radius 3 is 2.32 bits per heavy atom. The molecule has 0 aliphatic carbocycles. The Labute approximate surface area is 185 Å². The number of benzene rings is 2. The van der Waals surface area contributed by atoms with Gasteiger partial charge in [0.05, 0.1) is 20.2 Å². The first kappa shape index (κ1) is 20.9. The molecule has 1 saturated heterocycles. The van der Waals surface area contributed by atoms with Crippen molar-refractivity contribution < 1.29 is 18.9 Å². The summed E-state index contributed by atoms with van der Waals surface area (Å²) in [7, 11) is 4.74. The smallest absolute Gasteiger partial charge is 0.390 e. The lowest BCUT2D eigenvalue weighted by Gasteiger charge is -2.31. The fourth-order valence-electron chi connectivity index (χ4n) is 3.62. The van der Waals surface area contributed by atoms with E-state index in [-0.39, 0.29) is 5.91 Å². The number of amides is 3. The van der Waals surface area contributed by atoms with Gasteiger partial charge < -0.3 is 4.74 Å². The third-order valence-electron chi connectivity index (χ3n) is 5.41. The molecule has 9 heteroatoms. The minimum Gasteiger partial charge on any atom is -0.497 e. The zero-order valence-electron chi connectivity index (χ0n) is 17.5. The normalized spacial score (nSPS) is 18.3. The van der Waals surface area contributed by atoms with Gasteiger partial charge in [-0.2, -0.15) is 0 Å². The number of ether oxygens (including phenoxy) is 1. The molecule has 0 radical (unpaired) electrons. The number of carbonyl (C=O) groups is 2. The Morgan fingerprint density at radius 2 is 1.68 bits per heavy atom. The van der Waals surface area contributed by atoms with Crippen LogP contribution in [-0.2, 0) is 17.9 Å². The second-order valence-electron chi connectivity index (χ2n) is 7.39. The van der Waals surface area contributed by atoms with Gasteiger partial charge in [0.15, 0.2) is 0 Å². The Bertz CT molecular complexity index is 1080. The molecule has 0 aromatic heterocycles. The van der Waals surface area contributed by atoms with E-state index >= 15 is 0 Å². The Kier molecular flexibility index (Phi) is 5.65. The van der Waals surface area contributed by atoms with E-state index in [1.807, 2.05) is 53.1 Å². The van der Waals surface area contributed by atoms with Crippen molar-refractivity contribution in [3.8, 4) is 5.75 Å². The third-order valence-corrected chi connectivity index (χ3v) is 5.66. The average Bonchev–Trinajstić information content (AvgIpc) is 3.15. The minimum absolute atomic E-state index is 0.308. The number of hydrogen-bond donors (Lipinski definition) is 1. The number of hydrogen-bond acceptors (Lipinski definition) is 5. The zero-order chi connectivity index (χ0) is 22.1. The molecule has 1 N–H and O–H groups in total. The van der Waals surface area contributed by atoms with Gasteiger partial charge in [-0.1, -0.05) is 40.9 Å². The largest absolute Gasteiger partial charge is 0.497 e. The van der Waals surface area contributed by atoms with Crippen LogP contribution < -0.4 is 10.1 Å². The summed E-state index contributed by atoms with van der Waals surface area (Å²) in [5.74, 6) is 1.42. The number of imide groups is 1. The van der Waals surface area contributed by atoms with E-state index < -0.39 is 12.1 Å². The summed E-state index contributed by atoms with van der Waals surface area (Å²) >= 11 is 6.02. The fourth-order valence-corrected chi connectivity index (χ4v) is 3.74. The molecule has 160 valence electrons. The van der Waals surface area contributed by atoms with Crippen LogP contribution in [0.15, 0.2) is 53.5 Å². The van der Waals surface area contributed by atoms with Gasteiger partial charge in [0, 0.05) is 19.1 Å². The maximum absolute atomic E-state index is 13.0. The van der Waals surface area contributed by atoms with Gasteiger partial charge in [-0.15, -0.1) is 0 Å². The second-order valence-corrected chi connectivity index (χ2v) is 7.83. The summed E-state index contributed by atoms with van der Waals surface area (Å²) in [6.45, 7) is 0.934. The number of aliphatic imine (C=N–C) groups is 1. The number of carbonyl (C=O) groups excluding carboxylic acids is 2. The van der Waals surface area contributed by atoms with Crippen molar-refractivity contribution in [2.45, 2.75) is 19.1 Å². The lowest BCUT2D eigenvalue weighted by molar-refractivity contribution is -0.553. The van der Waals surface area contributed by atoms with Gasteiger partial charge >= 0.3 is 12.0 Å². The number of likely N-dealkylation sites (N-methyl/N-ethyl adjacent to an activating group) is 2. The van der Waals surface area contributed by atoms with E-state index in [4.69, 9.17) is 16.3 Å². The van der Waals surface area contributed by atoms with Crippen LogP contribution in [0.3, 0.4) is 0 Å². The maximum atomic E-state index is 13.0. The minimum atomic E-state index is -0.679. The predicted molar refractivity (Wildman–Crippen MR) is 117 cm³/mol. The maximum Gasteiger partial charge on any atom is 0.390 e. The molecule has 2 aliphatic rings. The van der Waals surface area contributed by atoms with Crippen LogP contribution in [0.2, 0.25) is 5.02 Å². The van der Waals surface area contributed by atoms with Crippen molar-refractivity contribution in [3.63, 3.8) is 0 Å². The van der Waals surface area contributed by atoms with Crippen molar-refractivity contribution in [2.24, 2.45) is 4.99 Å². The van der Waals surface area contributed by atoms with Crippen LogP contribution >= 0.6 is 11.6 Å². The molecule has 2 aliphatic heterocycles. The molecular weight excluding hydrogens is 418 g/mol. The number of methoxy groups -OCH3 is 1. The van der Waals surface area contributed by atoms with Crippen LogP contribution in [0.1, 0.15) is 11.1 Å². The van der Waals surface area contributed by atoms with Gasteiger partial charge in [0.1, 0.15) is 5.75 Å². The number of fused-ring (bicyclic) bond motifs is 1. The van der Waals surface area contributed by atoms with Gasteiger partial charge in [-0.25, -0.2) is 9.37 Å². The quantitative estimate of drug-likeness (QED) is 0.724. The van der Waals surface area contributed by atoms with Gasteiger partial charge in [0.25, 0.3) is 5.91 Å². The van der Waals surface area contributed by atoms with Crippen LogP contribution in [0.4, 0.5) is 4.79 Å². The van der Waals surface area contributed by atoms with E-state index in [2.05, 4.69) is 10.3 Å². The number of guanidine groups is 1. The van der Waals surface area contributed by atoms with Crippen LogP contribution in [0.5, 0.6) is 5.75 Å². The molecule has 0 spiro atoms. The highest BCUT2D eigenvalue weighted by molar-refractivity contribution is 6.30. The van der Waals surface area contributed by atoms with Crippen molar-refractivity contribution in [3.05, 3.63) is 64.7 Å². The number of nitrogens with one attached hydrogen (secondary N) is 1. The predicted octanol–water partition coefficient (Wildman–Crippen LogP) is 2.31. The number of amidine groups is 1. The summed E-state index contributed by atoms with van der Waals surface area (Å²) in [6, 6.07) is 14.0. The van der Waals surface area contributed by atoms with Crippen molar-refractivity contribution in [1.82, 2.24) is 15.1 Å². The van der Waals surface area contributed by atoms with Crippen LogP contribution in [0, 0.1) is 0 Å². The molecule has 0 bridgehead atoms. The van der Waals surface area contributed by atoms with Crippen molar-refractivity contribution >= 4 is 35.3 Å². The second kappa shape index (κ2) is 8.39. The highest BCUT2D eigenvalue weighted by atomic mass is 35.5. The van der Waals surface area contributed by atoms with E-state index in [1.165, 1.54) is 11.9 Å². The fraction of sp³-hybridized carbons (Fsp3) is 0.273. The Hall–Kier alpha value is -3.39. The van der Waals surface area contributed by atoms with Crippen LogP contribution in [0.25, 0.3) is 0 Å². The SMILES string of the molecule is COc1ccc(CNC2=[N+](Cc3ccc(Cl)cc3)C3C(=O)N(C)C(=O)N(C)C3=N2)cc1. The molecule has 31 heavy (non-hydrogen) atoms. The summed E-state index contributed by atoms with van der Waals surface area (Å²) in [5.41, 5.74) is 2.00. The average molecular weight is 441 g/mol. The standard InChI is InChI=1S/C22H22ClN5O3/c1-26-19-18(20(29)27(2)22(26)30)28(13-15-4-8-16(23)9-5-15)21(25-19)24-12-14-6-10-17(31-3)11-7-14/h4-11,18H,12-13H2,1-3H3/p+1. The van der Waals surface area contributed by atoms with E-state index in [0.29, 0.717) is 29.9 Å². The van der Waals surface area contributed by atoms with Crippen molar-refractivity contribution in [1.29, 1.82) is 0 Å². The number of urea groups is 1. The molecule has 0 saturated carbocycles. The highest BCUT2D eigenvalue weighted by Crippen LogP contribution is 2.21. The third kappa shape index (κ3) is 3.98. The summed E-state index contributed by atoms with van der Waals surface area (Å²) in [5, 5.41) is 3.97. The summed E-state index contributed by atoms with van der Waals surface area (Å²) in [4.78, 5) is 32.6. The first-order chi connectivity index (χ1) is 14.9. The molecule has 1 fully saturated rings. The molecule has 2 aromatic rings. The molecule has 1 unspecified atom stereocenters.